The second-order valence-corrected chi connectivity index (χ2v) is 3.61. The molecule has 4 nitrogen and oxygen atoms in total. The van der Waals surface area contributed by atoms with E-state index in [1.54, 1.807) is 0 Å². The van der Waals surface area contributed by atoms with Gasteiger partial charge in [-0.2, -0.15) is 0 Å². The third kappa shape index (κ3) is 2.67. The van der Waals surface area contributed by atoms with Gasteiger partial charge in [0.15, 0.2) is 0 Å². The Bertz CT molecular complexity index is 172. The van der Waals surface area contributed by atoms with Crippen LogP contribution in [0.5, 0.6) is 0 Å². The highest BCUT2D eigenvalue weighted by Gasteiger charge is 2.31. The molecule has 0 saturated heterocycles. The zero-order chi connectivity index (χ0) is 9.68. The number of nitrogens with two attached hydrogens (primary N) is 2. The molecule has 4 heteroatoms. The Hall–Kier alpha value is -0.610. The summed E-state index contributed by atoms with van der Waals surface area (Å²) in [5, 5.41) is 2.82. The fraction of sp³-hybridized carbons (Fsp3) is 0.889. The van der Waals surface area contributed by atoms with Crippen molar-refractivity contribution in [2.45, 2.75) is 19.3 Å². The molecule has 1 aliphatic rings. The number of rotatable bonds is 4. The van der Waals surface area contributed by atoms with Crippen LogP contribution >= 0.6 is 0 Å². The molecular weight excluding hydrogens is 166 g/mol. The third-order valence-electron chi connectivity index (χ3n) is 2.74. The average Bonchev–Trinajstić information content (AvgIpc) is 2.61. The van der Waals surface area contributed by atoms with Crippen LogP contribution in [0.15, 0.2) is 0 Å². The van der Waals surface area contributed by atoms with Crippen LogP contribution in [-0.2, 0) is 4.79 Å². The van der Waals surface area contributed by atoms with Gasteiger partial charge in [0.25, 0.3) is 0 Å². The standard InChI is InChI=1S/C9H19N3O/c10-4-5-12-9(13)8-3-1-2-7(8)6-11/h7-8H,1-6,10-11H2,(H,12,13). The van der Waals surface area contributed by atoms with E-state index in [4.69, 9.17) is 11.5 Å². The van der Waals surface area contributed by atoms with Gasteiger partial charge in [0, 0.05) is 19.0 Å². The highest BCUT2D eigenvalue weighted by molar-refractivity contribution is 5.79. The molecule has 1 aliphatic carbocycles. The highest BCUT2D eigenvalue weighted by Crippen LogP contribution is 2.30. The van der Waals surface area contributed by atoms with Gasteiger partial charge in [-0.3, -0.25) is 4.79 Å². The van der Waals surface area contributed by atoms with Crippen molar-refractivity contribution in [3.05, 3.63) is 0 Å². The van der Waals surface area contributed by atoms with Crippen molar-refractivity contribution in [1.29, 1.82) is 0 Å². The number of carbonyl (C=O) groups is 1. The highest BCUT2D eigenvalue weighted by atomic mass is 16.1. The SMILES string of the molecule is NCCNC(=O)C1CCCC1CN. The van der Waals surface area contributed by atoms with E-state index in [1.165, 1.54) is 0 Å². The van der Waals surface area contributed by atoms with Gasteiger partial charge >= 0.3 is 0 Å². The van der Waals surface area contributed by atoms with E-state index < -0.39 is 0 Å². The Morgan fingerprint density at radius 2 is 2.15 bits per heavy atom. The van der Waals surface area contributed by atoms with E-state index >= 15 is 0 Å². The number of amides is 1. The molecule has 0 aliphatic heterocycles. The lowest BCUT2D eigenvalue weighted by Crippen LogP contribution is -2.37. The van der Waals surface area contributed by atoms with E-state index in [2.05, 4.69) is 5.32 Å². The smallest absolute Gasteiger partial charge is 0.223 e. The van der Waals surface area contributed by atoms with Crippen molar-refractivity contribution in [2.75, 3.05) is 19.6 Å². The Kier molecular flexibility index (Phi) is 4.18. The van der Waals surface area contributed by atoms with E-state index in [1.807, 2.05) is 0 Å². The molecule has 0 bridgehead atoms. The van der Waals surface area contributed by atoms with Crippen molar-refractivity contribution in [1.82, 2.24) is 5.32 Å². The lowest BCUT2D eigenvalue weighted by molar-refractivity contribution is -0.125. The molecule has 0 aromatic rings. The van der Waals surface area contributed by atoms with Gasteiger partial charge in [0.05, 0.1) is 0 Å². The van der Waals surface area contributed by atoms with Crippen LogP contribution < -0.4 is 16.8 Å². The summed E-state index contributed by atoms with van der Waals surface area (Å²) in [5.74, 6) is 0.660. The van der Waals surface area contributed by atoms with Gasteiger partial charge < -0.3 is 16.8 Å². The molecule has 2 unspecified atom stereocenters. The fourth-order valence-corrected chi connectivity index (χ4v) is 1.99. The molecule has 5 N–H and O–H groups in total. The maximum Gasteiger partial charge on any atom is 0.223 e. The lowest BCUT2D eigenvalue weighted by atomic mass is 9.95. The molecule has 13 heavy (non-hydrogen) atoms. The normalized spacial score (nSPS) is 27.5. The molecule has 1 saturated carbocycles. The van der Waals surface area contributed by atoms with E-state index in [-0.39, 0.29) is 11.8 Å². The van der Waals surface area contributed by atoms with Gasteiger partial charge in [-0.1, -0.05) is 6.42 Å². The zero-order valence-corrected chi connectivity index (χ0v) is 7.96. The molecule has 0 spiro atoms. The minimum atomic E-state index is 0.136. The Morgan fingerprint density at radius 3 is 2.77 bits per heavy atom. The molecule has 0 aromatic heterocycles. The van der Waals surface area contributed by atoms with Crippen LogP contribution in [0.1, 0.15) is 19.3 Å². The molecule has 0 radical (unpaired) electrons. The summed E-state index contributed by atoms with van der Waals surface area (Å²) in [5.41, 5.74) is 10.9. The van der Waals surface area contributed by atoms with Crippen molar-refractivity contribution >= 4 is 5.91 Å². The minimum absolute atomic E-state index is 0.136. The molecule has 1 rings (SSSR count). The lowest BCUT2D eigenvalue weighted by Gasteiger charge is -2.16. The number of carbonyl (C=O) groups excluding carboxylic acids is 1. The molecule has 2 atom stereocenters. The summed E-state index contributed by atoms with van der Waals surface area (Å²) >= 11 is 0. The van der Waals surface area contributed by atoms with E-state index in [9.17, 15) is 4.79 Å². The summed E-state index contributed by atoms with van der Waals surface area (Å²) < 4.78 is 0. The first kappa shape index (κ1) is 10.5. The summed E-state index contributed by atoms with van der Waals surface area (Å²) in [6.45, 7) is 1.71. The molecular formula is C9H19N3O. The average molecular weight is 185 g/mol. The zero-order valence-electron chi connectivity index (χ0n) is 7.96. The monoisotopic (exact) mass is 185 g/mol. The first-order chi connectivity index (χ1) is 6.29. The van der Waals surface area contributed by atoms with Crippen molar-refractivity contribution in [3.8, 4) is 0 Å². The second-order valence-electron chi connectivity index (χ2n) is 3.61. The maximum atomic E-state index is 11.6. The van der Waals surface area contributed by atoms with Gasteiger partial charge in [0.1, 0.15) is 0 Å². The maximum absolute atomic E-state index is 11.6. The third-order valence-corrected chi connectivity index (χ3v) is 2.74. The van der Waals surface area contributed by atoms with Crippen molar-refractivity contribution < 1.29 is 4.79 Å². The van der Waals surface area contributed by atoms with Crippen LogP contribution in [0.25, 0.3) is 0 Å². The Labute approximate surface area is 79.0 Å². The summed E-state index contributed by atoms with van der Waals surface area (Å²) in [4.78, 5) is 11.6. The fourth-order valence-electron chi connectivity index (χ4n) is 1.99. The Morgan fingerprint density at radius 1 is 1.38 bits per heavy atom. The van der Waals surface area contributed by atoms with Gasteiger partial charge in [0.2, 0.25) is 5.91 Å². The molecule has 76 valence electrons. The van der Waals surface area contributed by atoms with Gasteiger partial charge in [-0.15, -0.1) is 0 Å². The van der Waals surface area contributed by atoms with Crippen molar-refractivity contribution in [2.24, 2.45) is 23.3 Å². The van der Waals surface area contributed by atoms with Gasteiger partial charge in [-0.25, -0.2) is 0 Å². The number of hydrogen-bond acceptors (Lipinski definition) is 3. The predicted octanol–water partition coefficient (Wildman–Crippen LogP) is -0.564. The van der Waals surface area contributed by atoms with Crippen LogP contribution in [0.4, 0.5) is 0 Å². The molecule has 0 heterocycles. The first-order valence-electron chi connectivity index (χ1n) is 4.97. The first-order valence-corrected chi connectivity index (χ1v) is 4.97. The summed E-state index contributed by atoms with van der Waals surface area (Å²) in [7, 11) is 0. The van der Waals surface area contributed by atoms with Crippen LogP contribution in [0, 0.1) is 11.8 Å². The minimum Gasteiger partial charge on any atom is -0.355 e. The largest absolute Gasteiger partial charge is 0.355 e. The second kappa shape index (κ2) is 5.19. The number of hydrogen-bond donors (Lipinski definition) is 3. The Balaban J connectivity index is 2.36. The molecule has 1 amide bonds. The quantitative estimate of drug-likeness (QED) is 0.549. The van der Waals surface area contributed by atoms with E-state index in [0.29, 0.717) is 25.6 Å². The predicted molar refractivity (Wildman–Crippen MR) is 51.9 cm³/mol. The van der Waals surface area contributed by atoms with Gasteiger partial charge in [-0.05, 0) is 25.3 Å². The summed E-state index contributed by atoms with van der Waals surface area (Å²) in [6, 6.07) is 0. The van der Waals surface area contributed by atoms with Crippen LogP contribution in [0.2, 0.25) is 0 Å². The molecule has 1 fully saturated rings. The van der Waals surface area contributed by atoms with Crippen LogP contribution in [-0.4, -0.2) is 25.5 Å². The summed E-state index contributed by atoms with van der Waals surface area (Å²) in [6.07, 6.45) is 3.21. The topological polar surface area (TPSA) is 81.1 Å². The number of nitrogens with one attached hydrogen (secondary N) is 1. The molecule has 0 aromatic carbocycles. The van der Waals surface area contributed by atoms with Crippen molar-refractivity contribution in [3.63, 3.8) is 0 Å². The van der Waals surface area contributed by atoms with E-state index in [0.717, 1.165) is 19.3 Å². The van der Waals surface area contributed by atoms with Crippen LogP contribution in [0.3, 0.4) is 0 Å².